The Balaban J connectivity index is 1.80. The number of para-hydroxylation sites is 2. The fourth-order valence-corrected chi connectivity index (χ4v) is 2.63. The lowest BCUT2D eigenvalue weighted by molar-refractivity contribution is 0.0938. The van der Waals surface area contributed by atoms with Crippen LogP contribution in [0.3, 0.4) is 0 Å². The highest BCUT2D eigenvalue weighted by Gasteiger charge is 2.15. The lowest BCUT2D eigenvalue weighted by atomic mass is 10.1. The lowest BCUT2D eigenvalue weighted by Crippen LogP contribution is -2.27. The van der Waals surface area contributed by atoms with Gasteiger partial charge in [0.15, 0.2) is 0 Å². The van der Waals surface area contributed by atoms with E-state index in [-0.39, 0.29) is 11.9 Å². The number of aryl methyl sites for hydroxylation is 2. The number of fused-ring (bicyclic) bond motifs is 1. The zero-order valence-electron chi connectivity index (χ0n) is 13.0. The van der Waals surface area contributed by atoms with Crippen molar-refractivity contribution in [1.29, 1.82) is 0 Å². The second-order valence-electron chi connectivity index (χ2n) is 5.71. The number of hydrogen-bond acceptors (Lipinski definition) is 2. The molecule has 0 aliphatic heterocycles. The Hall–Kier alpha value is -2.62. The molecule has 1 aromatic heterocycles. The minimum Gasteiger partial charge on any atom is -0.342 e. The first-order valence-electron chi connectivity index (χ1n) is 7.37. The maximum atomic E-state index is 12.4. The van der Waals surface area contributed by atoms with E-state index >= 15 is 0 Å². The molecule has 0 bridgehead atoms. The van der Waals surface area contributed by atoms with Gasteiger partial charge < -0.3 is 10.3 Å². The van der Waals surface area contributed by atoms with Crippen molar-refractivity contribution in [2.45, 2.75) is 26.8 Å². The van der Waals surface area contributed by atoms with Crippen LogP contribution in [0.1, 0.15) is 40.3 Å². The number of aromatic amines is 1. The van der Waals surface area contributed by atoms with Gasteiger partial charge in [0.25, 0.3) is 5.91 Å². The molecule has 0 fully saturated rings. The van der Waals surface area contributed by atoms with Gasteiger partial charge in [-0.2, -0.15) is 0 Å². The maximum Gasteiger partial charge on any atom is 0.251 e. The molecular weight excluding hydrogens is 274 g/mol. The van der Waals surface area contributed by atoms with Crippen LogP contribution in [0.2, 0.25) is 0 Å². The molecule has 2 aromatic carbocycles. The third-order valence-corrected chi connectivity index (χ3v) is 3.65. The molecule has 1 unspecified atom stereocenters. The molecule has 0 spiro atoms. The fraction of sp³-hybridized carbons (Fsp3) is 0.222. The van der Waals surface area contributed by atoms with Crippen LogP contribution in [0.25, 0.3) is 11.0 Å². The first kappa shape index (κ1) is 14.3. The molecule has 0 aliphatic rings. The highest BCUT2D eigenvalue weighted by atomic mass is 16.1. The number of carbonyl (C=O) groups is 1. The van der Waals surface area contributed by atoms with Crippen molar-refractivity contribution in [2.75, 3.05) is 0 Å². The highest BCUT2D eigenvalue weighted by Crippen LogP contribution is 2.16. The molecule has 4 heteroatoms. The van der Waals surface area contributed by atoms with E-state index in [9.17, 15) is 4.79 Å². The number of amides is 1. The van der Waals surface area contributed by atoms with E-state index in [0.717, 1.165) is 28.0 Å². The van der Waals surface area contributed by atoms with E-state index in [1.807, 2.05) is 57.2 Å². The van der Waals surface area contributed by atoms with Crippen LogP contribution >= 0.6 is 0 Å². The molecule has 0 aliphatic carbocycles. The van der Waals surface area contributed by atoms with E-state index in [1.54, 1.807) is 0 Å². The van der Waals surface area contributed by atoms with Crippen LogP contribution in [0.4, 0.5) is 0 Å². The fourth-order valence-electron chi connectivity index (χ4n) is 2.63. The standard InChI is InChI=1S/C18H19N3O/c1-11-8-12(2)10-14(9-11)18(22)19-13(3)17-20-15-6-4-5-7-16(15)21-17/h4-10,13H,1-3H3,(H,19,22)(H,20,21). The number of hydrogen-bond donors (Lipinski definition) is 2. The van der Waals surface area contributed by atoms with Crippen LogP contribution in [0.15, 0.2) is 42.5 Å². The minimum atomic E-state index is -0.180. The Labute approximate surface area is 129 Å². The Bertz CT molecular complexity index is 782. The van der Waals surface area contributed by atoms with Gasteiger partial charge in [0.2, 0.25) is 0 Å². The zero-order chi connectivity index (χ0) is 15.7. The van der Waals surface area contributed by atoms with Gasteiger partial charge in [-0.25, -0.2) is 4.98 Å². The predicted molar refractivity (Wildman–Crippen MR) is 87.9 cm³/mol. The molecule has 0 radical (unpaired) electrons. The Morgan fingerprint density at radius 1 is 1.14 bits per heavy atom. The molecular formula is C18H19N3O. The molecule has 4 nitrogen and oxygen atoms in total. The lowest BCUT2D eigenvalue weighted by Gasteiger charge is -2.12. The number of benzene rings is 2. The van der Waals surface area contributed by atoms with Crippen molar-refractivity contribution in [3.8, 4) is 0 Å². The monoisotopic (exact) mass is 293 g/mol. The topological polar surface area (TPSA) is 57.8 Å². The molecule has 0 saturated carbocycles. The third-order valence-electron chi connectivity index (χ3n) is 3.65. The van der Waals surface area contributed by atoms with E-state index < -0.39 is 0 Å². The van der Waals surface area contributed by atoms with E-state index in [1.165, 1.54) is 0 Å². The van der Waals surface area contributed by atoms with Gasteiger partial charge in [0, 0.05) is 5.56 Å². The van der Waals surface area contributed by atoms with Crippen molar-refractivity contribution in [2.24, 2.45) is 0 Å². The van der Waals surface area contributed by atoms with Gasteiger partial charge in [0.05, 0.1) is 17.1 Å². The largest absolute Gasteiger partial charge is 0.342 e. The van der Waals surface area contributed by atoms with Gasteiger partial charge in [-0.3, -0.25) is 4.79 Å². The molecule has 0 saturated heterocycles. The van der Waals surface area contributed by atoms with Crippen molar-refractivity contribution in [1.82, 2.24) is 15.3 Å². The van der Waals surface area contributed by atoms with Gasteiger partial charge in [-0.15, -0.1) is 0 Å². The summed E-state index contributed by atoms with van der Waals surface area (Å²) >= 11 is 0. The summed E-state index contributed by atoms with van der Waals surface area (Å²) in [6.07, 6.45) is 0. The van der Waals surface area contributed by atoms with Crippen LogP contribution in [-0.4, -0.2) is 15.9 Å². The summed E-state index contributed by atoms with van der Waals surface area (Å²) in [6.45, 7) is 5.91. The molecule has 3 rings (SSSR count). The summed E-state index contributed by atoms with van der Waals surface area (Å²) in [5, 5.41) is 3.00. The highest BCUT2D eigenvalue weighted by molar-refractivity contribution is 5.94. The average molecular weight is 293 g/mol. The summed E-state index contributed by atoms with van der Waals surface area (Å²) in [5.41, 5.74) is 4.73. The number of imidazole rings is 1. The van der Waals surface area contributed by atoms with Crippen LogP contribution in [0, 0.1) is 13.8 Å². The SMILES string of the molecule is Cc1cc(C)cc(C(=O)NC(C)c2nc3ccccc3[nH]2)c1. The van der Waals surface area contributed by atoms with Gasteiger partial charge in [0.1, 0.15) is 5.82 Å². The first-order valence-corrected chi connectivity index (χ1v) is 7.37. The zero-order valence-corrected chi connectivity index (χ0v) is 13.0. The maximum absolute atomic E-state index is 12.4. The van der Waals surface area contributed by atoms with Crippen LogP contribution < -0.4 is 5.32 Å². The van der Waals surface area contributed by atoms with Gasteiger partial charge >= 0.3 is 0 Å². The quantitative estimate of drug-likeness (QED) is 0.774. The van der Waals surface area contributed by atoms with Crippen LogP contribution in [0.5, 0.6) is 0 Å². The van der Waals surface area contributed by atoms with Gasteiger partial charge in [-0.1, -0.05) is 29.3 Å². The normalized spacial score (nSPS) is 12.3. The summed E-state index contributed by atoms with van der Waals surface area (Å²) < 4.78 is 0. The van der Waals surface area contributed by atoms with E-state index in [4.69, 9.17) is 0 Å². The molecule has 3 aromatic rings. The summed E-state index contributed by atoms with van der Waals surface area (Å²) in [7, 11) is 0. The van der Waals surface area contributed by atoms with E-state index in [0.29, 0.717) is 5.56 Å². The van der Waals surface area contributed by atoms with Crippen molar-refractivity contribution in [3.63, 3.8) is 0 Å². The summed E-state index contributed by atoms with van der Waals surface area (Å²) in [6, 6.07) is 13.5. The number of rotatable bonds is 3. The molecule has 2 N–H and O–H groups in total. The van der Waals surface area contributed by atoms with Gasteiger partial charge in [-0.05, 0) is 45.0 Å². The van der Waals surface area contributed by atoms with E-state index in [2.05, 4.69) is 21.4 Å². The molecule has 1 amide bonds. The van der Waals surface area contributed by atoms with Crippen molar-refractivity contribution in [3.05, 3.63) is 65.0 Å². The smallest absolute Gasteiger partial charge is 0.251 e. The molecule has 112 valence electrons. The number of nitrogens with one attached hydrogen (secondary N) is 2. The molecule has 22 heavy (non-hydrogen) atoms. The second-order valence-corrected chi connectivity index (χ2v) is 5.71. The Kier molecular flexibility index (Phi) is 3.67. The molecule has 1 atom stereocenters. The number of aromatic nitrogens is 2. The number of carbonyl (C=O) groups excluding carboxylic acids is 1. The Morgan fingerprint density at radius 2 is 1.82 bits per heavy atom. The first-order chi connectivity index (χ1) is 10.5. The Morgan fingerprint density at radius 3 is 2.50 bits per heavy atom. The summed E-state index contributed by atoms with van der Waals surface area (Å²) in [4.78, 5) is 20.2. The van der Waals surface area contributed by atoms with Crippen molar-refractivity contribution < 1.29 is 4.79 Å². The second kappa shape index (κ2) is 5.64. The van der Waals surface area contributed by atoms with Crippen LogP contribution in [-0.2, 0) is 0 Å². The summed E-state index contributed by atoms with van der Waals surface area (Å²) in [5.74, 6) is 0.679. The predicted octanol–water partition coefficient (Wildman–Crippen LogP) is 3.67. The van der Waals surface area contributed by atoms with Crippen molar-refractivity contribution >= 4 is 16.9 Å². The average Bonchev–Trinajstić information content (AvgIpc) is 2.90. The minimum absolute atomic E-state index is 0.0836. The number of H-pyrrole nitrogens is 1. The molecule has 1 heterocycles. The third kappa shape index (κ3) is 2.86. The number of nitrogens with zero attached hydrogens (tertiary/aromatic N) is 1.